The van der Waals surface area contributed by atoms with Crippen molar-refractivity contribution in [2.75, 3.05) is 0 Å². The number of pyridine rings is 1. The van der Waals surface area contributed by atoms with E-state index in [-0.39, 0.29) is 0 Å². The number of fused-ring (bicyclic) bond motifs is 14. The normalized spacial score (nSPS) is 11.7. The minimum Gasteiger partial charge on any atom is -0.309 e. The Bertz CT molecular complexity index is 5010. The molecule has 370 valence electrons. The summed E-state index contributed by atoms with van der Waals surface area (Å²) in [6.45, 7) is 0. The molecule has 16 rings (SSSR count). The second-order valence-corrected chi connectivity index (χ2v) is 20.1. The third kappa shape index (κ3) is 6.46. The fourth-order valence-corrected chi connectivity index (χ4v) is 12.7. The van der Waals surface area contributed by atoms with E-state index in [9.17, 15) is 10.5 Å². The number of nitrogens with zero attached hydrogens (tertiary/aromatic N) is 9. The summed E-state index contributed by atoms with van der Waals surface area (Å²) in [5, 5.41) is 31.3. The molecule has 6 heterocycles. The molecule has 0 aliphatic rings. The fraction of sp³-hybridized carbons (Fsp3) is 0. The summed E-state index contributed by atoms with van der Waals surface area (Å²) < 4.78 is 9.23. The molecule has 6 aromatic heterocycles. The highest BCUT2D eigenvalue weighted by atomic mass is 15.0. The Balaban J connectivity index is 1.01. The average molecular weight is 1020 g/mol. The topological polar surface area (TPSA) is 106 Å². The van der Waals surface area contributed by atoms with E-state index in [0.717, 1.165) is 110 Å². The highest BCUT2D eigenvalue weighted by Gasteiger charge is 2.28. The number of aromatic nitrogens is 7. The van der Waals surface area contributed by atoms with E-state index in [2.05, 4.69) is 217 Å². The van der Waals surface area contributed by atoms with E-state index >= 15 is 0 Å². The molecule has 0 saturated carbocycles. The van der Waals surface area contributed by atoms with E-state index < -0.39 is 0 Å². The molecule has 0 radical (unpaired) electrons. The molecule has 0 unspecified atom stereocenters. The second kappa shape index (κ2) is 17.6. The molecule has 0 amide bonds. The third-order valence-electron chi connectivity index (χ3n) is 15.9. The number of nitriles is 2. The molecule has 9 nitrogen and oxygen atoms in total. The lowest BCUT2D eigenvalue weighted by molar-refractivity contribution is 1.13. The van der Waals surface area contributed by atoms with Crippen LogP contribution in [0.3, 0.4) is 0 Å². The lowest BCUT2D eigenvalue weighted by atomic mass is 9.99. The highest BCUT2D eigenvalue weighted by Crippen LogP contribution is 2.47. The molecule has 9 heteroatoms. The second-order valence-electron chi connectivity index (χ2n) is 20.1. The molecule has 0 spiro atoms. The van der Waals surface area contributed by atoms with Crippen molar-refractivity contribution in [1.82, 2.24) is 33.2 Å². The maximum atomic E-state index is 11.4. The van der Waals surface area contributed by atoms with Crippen molar-refractivity contribution in [1.29, 1.82) is 10.5 Å². The minimum absolute atomic E-state index is 0.443. The first kappa shape index (κ1) is 44.9. The van der Waals surface area contributed by atoms with Gasteiger partial charge in [0.15, 0.2) is 5.82 Å². The van der Waals surface area contributed by atoms with Crippen molar-refractivity contribution >= 4 is 87.2 Å². The van der Waals surface area contributed by atoms with Crippen molar-refractivity contribution in [3.63, 3.8) is 0 Å². The SMILES string of the molecule is N#Cc1cccc(-c2cc(-c3cccc(C#N)c3-n3c4ccccc4c4ccc5c(c6ccccc6n5-c5ccccc5)c43)nc(-c3cccnc3)n2)c1-n1c2ccccc2c2ccc3c(c4ccccc4n3-c3ccccc3)c21. The van der Waals surface area contributed by atoms with Gasteiger partial charge >= 0.3 is 0 Å². The molecule has 0 N–H and O–H groups in total. The highest BCUT2D eigenvalue weighted by molar-refractivity contribution is 6.28. The number of hydrogen-bond donors (Lipinski definition) is 0. The van der Waals surface area contributed by atoms with Crippen molar-refractivity contribution < 1.29 is 0 Å². The van der Waals surface area contributed by atoms with Crippen LogP contribution in [0.1, 0.15) is 11.1 Å². The van der Waals surface area contributed by atoms with Gasteiger partial charge < -0.3 is 18.3 Å². The van der Waals surface area contributed by atoms with Crippen LogP contribution in [0, 0.1) is 22.7 Å². The van der Waals surface area contributed by atoms with Crippen LogP contribution < -0.4 is 0 Å². The van der Waals surface area contributed by atoms with E-state index in [1.54, 1.807) is 12.4 Å². The van der Waals surface area contributed by atoms with Gasteiger partial charge in [0.05, 0.1) is 78.0 Å². The van der Waals surface area contributed by atoms with E-state index in [0.29, 0.717) is 45.3 Å². The van der Waals surface area contributed by atoms with Gasteiger partial charge in [0.1, 0.15) is 12.1 Å². The molecule has 0 aliphatic heterocycles. The zero-order chi connectivity index (χ0) is 53.0. The van der Waals surface area contributed by atoms with Gasteiger partial charge in [-0.25, -0.2) is 9.97 Å². The van der Waals surface area contributed by atoms with Crippen molar-refractivity contribution in [3.8, 4) is 68.8 Å². The van der Waals surface area contributed by atoms with E-state index in [1.165, 1.54) is 0 Å². The Kier molecular flexibility index (Phi) is 9.86. The maximum Gasteiger partial charge on any atom is 0.161 e. The number of rotatable bonds is 7. The Morgan fingerprint density at radius 1 is 0.338 bits per heavy atom. The number of para-hydroxylation sites is 8. The predicted octanol–water partition coefficient (Wildman–Crippen LogP) is 17.0. The summed E-state index contributed by atoms with van der Waals surface area (Å²) in [5.41, 5.74) is 15.9. The average Bonchev–Trinajstić information content (AvgIpc) is 4.41. The lowest BCUT2D eigenvalue weighted by Gasteiger charge is -2.19. The monoisotopic (exact) mass is 1020 g/mol. The van der Waals surface area contributed by atoms with Gasteiger partial charge in [-0.05, 0) is 91.0 Å². The maximum absolute atomic E-state index is 11.4. The smallest absolute Gasteiger partial charge is 0.161 e. The molecule has 0 atom stereocenters. The molecule has 16 aromatic rings. The number of benzene rings is 10. The molecule has 10 aromatic carbocycles. The molecule has 80 heavy (non-hydrogen) atoms. The lowest BCUT2D eigenvalue weighted by Crippen LogP contribution is -2.05. The Hall–Kier alpha value is -11.4. The summed E-state index contributed by atoms with van der Waals surface area (Å²) in [4.78, 5) is 15.5. The van der Waals surface area contributed by atoms with Gasteiger partial charge in [-0.1, -0.05) is 146 Å². The molecular formula is C71H41N9. The Labute approximate surface area is 457 Å². The minimum atomic E-state index is 0.443. The predicted molar refractivity (Wildman–Crippen MR) is 323 cm³/mol. The quantitative estimate of drug-likeness (QED) is 0.158. The van der Waals surface area contributed by atoms with Crippen LogP contribution in [-0.4, -0.2) is 33.2 Å². The molecule has 0 bridgehead atoms. The van der Waals surface area contributed by atoms with Crippen LogP contribution in [0.15, 0.2) is 249 Å². The summed E-state index contributed by atoms with van der Waals surface area (Å²) in [5.74, 6) is 0.443. The number of hydrogen-bond acceptors (Lipinski definition) is 5. The van der Waals surface area contributed by atoms with Crippen LogP contribution in [0.5, 0.6) is 0 Å². The first-order valence-corrected chi connectivity index (χ1v) is 26.6. The molecule has 0 saturated heterocycles. The summed E-state index contributed by atoms with van der Waals surface area (Å²) in [7, 11) is 0. The van der Waals surface area contributed by atoms with Gasteiger partial charge in [-0.2, -0.15) is 10.5 Å². The summed E-state index contributed by atoms with van der Waals surface area (Å²) in [6.07, 6.45) is 3.52. The third-order valence-corrected chi connectivity index (χ3v) is 15.9. The largest absolute Gasteiger partial charge is 0.309 e. The van der Waals surface area contributed by atoms with Gasteiger partial charge in [-0.3, -0.25) is 4.98 Å². The van der Waals surface area contributed by atoms with Gasteiger partial charge in [0.2, 0.25) is 0 Å². The van der Waals surface area contributed by atoms with Crippen molar-refractivity contribution in [3.05, 3.63) is 260 Å². The van der Waals surface area contributed by atoms with Crippen LogP contribution in [0.2, 0.25) is 0 Å². The Morgan fingerprint density at radius 3 is 1.20 bits per heavy atom. The van der Waals surface area contributed by atoms with Crippen LogP contribution in [-0.2, 0) is 0 Å². The van der Waals surface area contributed by atoms with Crippen molar-refractivity contribution in [2.24, 2.45) is 0 Å². The van der Waals surface area contributed by atoms with E-state index in [4.69, 9.17) is 9.97 Å². The molecule has 0 fully saturated rings. The summed E-state index contributed by atoms with van der Waals surface area (Å²) >= 11 is 0. The molecular weight excluding hydrogens is 979 g/mol. The fourth-order valence-electron chi connectivity index (χ4n) is 12.7. The first-order valence-electron chi connectivity index (χ1n) is 26.6. The standard InChI is InChI=1S/C71H41N9/c72-41-44-18-15-29-53(67(44)79-59-31-11-7-25-49(59)51-35-37-63-65(69(51)79)55-27-9-13-33-61(55)77(63)47-21-3-1-4-22-47)57-40-58(76-71(75-57)46-20-17-39-74-43-46)54-30-16-19-45(42-73)68(54)80-60-32-12-8-26-50(60)52-36-38-64-66(70(52)80)56-28-10-14-34-62(56)78(64)48-23-5-2-6-24-48/h1-40,43H. The van der Waals surface area contributed by atoms with Crippen LogP contribution in [0.4, 0.5) is 0 Å². The first-order chi connectivity index (χ1) is 39.7. The Morgan fingerprint density at radius 2 is 0.762 bits per heavy atom. The zero-order valence-corrected chi connectivity index (χ0v) is 42.7. The van der Waals surface area contributed by atoms with Crippen molar-refractivity contribution in [2.45, 2.75) is 0 Å². The van der Waals surface area contributed by atoms with Crippen LogP contribution in [0.25, 0.3) is 144 Å². The van der Waals surface area contributed by atoms with Gasteiger partial charge in [-0.15, -0.1) is 0 Å². The summed E-state index contributed by atoms with van der Waals surface area (Å²) in [6, 6.07) is 86.8. The molecule has 0 aliphatic carbocycles. The zero-order valence-electron chi connectivity index (χ0n) is 42.7. The van der Waals surface area contributed by atoms with Gasteiger partial charge in [0.25, 0.3) is 0 Å². The van der Waals surface area contributed by atoms with Crippen LogP contribution >= 0.6 is 0 Å². The van der Waals surface area contributed by atoms with E-state index in [1.807, 2.05) is 54.6 Å². The van der Waals surface area contributed by atoms with Gasteiger partial charge in [0, 0.05) is 83.5 Å².